The second-order valence-electron chi connectivity index (χ2n) is 6.44. The van der Waals surface area contributed by atoms with E-state index in [1.54, 1.807) is 4.90 Å². The van der Waals surface area contributed by atoms with Crippen molar-refractivity contribution in [3.8, 4) is 0 Å². The molecule has 3 nitrogen and oxygen atoms in total. The first-order chi connectivity index (χ1) is 8.66. The molecular formula is C15H28NO2+. The molecule has 2 fully saturated rings. The quantitative estimate of drug-likeness (QED) is 0.769. The highest BCUT2D eigenvalue weighted by molar-refractivity contribution is 5.69. The van der Waals surface area contributed by atoms with Gasteiger partial charge in [0.25, 0.3) is 0 Å². The molecule has 0 bridgehead atoms. The second-order valence-corrected chi connectivity index (χ2v) is 6.44. The van der Waals surface area contributed by atoms with Crippen LogP contribution in [0.4, 0.5) is 0 Å². The summed E-state index contributed by atoms with van der Waals surface area (Å²) in [5, 5.41) is 0. The summed E-state index contributed by atoms with van der Waals surface area (Å²) in [5.74, 6) is 1.01. The number of carbonyl (C=O) groups excluding carboxylic acids is 1. The monoisotopic (exact) mass is 254 g/mol. The Balaban J connectivity index is 1.79. The van der Waals surface area contributed by atoms with Crippen molar-refractivity contribution in [1.82, 2.24) is 0 Å². The summed E-state index contributed by atoms with van der Waals surface area (Å²) >= 11 is 0. The van der Waals surface area contributed by atoms with Crippen molar-refractivity contribution >= 4 is 5.97 Å². The predicted octanol–water partition coefficient (Wildman–Crippen LogP) is 1.42. The molecule has 0 spiro atoms. The van der Waals surface area contributed by atoms with Gasteiger partial charge in [-0.15, -0.1) is 0 Å². The van der Waals surface area contributed by atoms with Crippen molar-refractivity contribution in [1.29, 1.82) is 0 Å². The minimum atomic E-state index is -0.00654. The molecule has 104 valence electrons. The third-order valence-electron chi connectivity index (χ3n) is 4.46. The molecule has 2 saturated heterocycles. The van der Waals surface area contributed by atoms with Gasteiger partial charge in [0.15, 0.2) is 0 Å². The van der Waals surface area contributed by atoms with E-state index in [1.807, 2.05) is 0 Å². The van der Waals surface area contributed by atoms with Crippen LogP contribution in [-0.4, -0.2) is 31.7 Å². The molecule has 1 unspecified atom stereocenters. The summed E-state index contributed by atoms with van der Waals surface area (Å²) in [6, 6.07) is 0.763. The first-order valence-corrected chi connectivity index (χ1v) is 7.67. The van der Waals surface area contributed by atoms with Crippen LogP contribution >= 0.6 is 0 Å². The average molecular weight is 254 g/mol. The fourth-order valence-electron chi connectivity index (χ4n) is 3.57. The van der Waals surface area contributed by atoms with Crippen LogP contribution in [0.1, 0.15) is 52.4 Å². The zero-order valence-corrected chi connectivity index (χ0v) is 11.9. The van der Waals surface area contributed by atoms with Gasteiger partial charge in [0, 0.05) is 12.3 Å². The molecule has 0 saturated carbocycles. The van der Waals surface area contributed by atoms with Crippen LogP contribution in [0.5, 0.6) is 0 Å². The van der Waals surface area contributed by atoms with Crippen molar-refractivity contribution in [2.75, 3.05) is 19.7 Å². The molecule has 2 aliphatic rings. The van der Waals surface area contributed by atoms with E-state index >= 15 is 0 Å². The van der Waals surface area contributed by atoms with E-state index in [0.29, 0.717) is 24.9 Å². The summed E-state index contributed by atoms with van der Waals surface area (Å²) < 4.78 is 5.49. The van der Waals surface area contributed by atoms with Crippen LogP contribution in [0.3, 0.4) is 0 Å². The van der Waals surface area contributed by atoms with Gasteiger partial charge in [0.2, 0.25) is 0 Å². The van der Waals surface area contributed by atoms with Gasteiger partial charge in [0.1, 0.15) is 0 Å². The molecule has 0 aliphatic carbocycles. The molecule has 0 radical (unpaired) electrons. The molecule has 18 heavy (non-hydrogen) atoms. The Morgan fingerprint density at radius 1 is 1.22 bits per heavy atom. The lowest BCUT2D eigenvalue weighted by atomic mass is 9.84. The van der Waals surface area contributed by atoms with Crippen LogP contribution < -0.4 is 4.90 Å². The number of fused-ring (bicyclic) bond motifs is 1. The largest absolute Gasteiger partial charge is 0.465 e. The zero-order chi connectivity index (χ0) is 13.0. The summed E-state index contributed by atoms with van der Waals surface area (Å²) in [7, 11) is 0. The molecule has 2 aliphatic heterocycles. The zero-order valence-electron chi connectivity index (χ0n) is 11.9. The number of hydrogen-bond donors (Lipinski definition) is 1. The van der Waals surface area contributed by atoms with Gasteiger partial charge in [-0.05, 0) is 38.0 Å². The fraction of sp³-hybridized carbons (Fsp3) is 0.933. The lowest BCUT2D eigenvalue weighted by Gasteiger charge is -2.41. The lowest BCUT2D eigenvalue weighted by Crippen LogP contribution is -3.18. The van der Waals surface area contributed by atoms with E-state index in [4.69, 9.17) is 4.74 Å². The molecule has 0 aromatic heterocycles. The van der Waals surface area contributed by atoms with Crippen LogP contribution in [0.2, 0.25) is 0 Å². The Kier molecular flexibility index (Phi) is 5.04. The summed E-state index contributed by atoms with van der Waals surface area (Å²) in [5.41, 5.74) is 0. The van der Waals surface area contributed by atoms with Gasteiger partial charge in [-0.25, -0.2) is 0 Å². The van der Waals surface area contributed by atoms with Crippen LogP contribution in [0.25, 0.3) is 0 Å². The van der Waals surface area contributed by atoms with E-state index in [1.165, 1.54) is 45.2 Å². The van der Waals surface area contributed by atoms with Gasteiger partial charge in [-0.1, -0.05) is 13.8 Å². The molecule has 3 atom stereocenters. The van der Waals surface area contributed by atoms with Crippen molar-refractivity contribution in [3.63, 3.8) is 0 Å². The highest BCUT2D eigenvalue weighted by Crippen LogP contribution is 2.21. The van der Waals surface area contributed by atoms with Crippen molar-refractivity contribution in [2.24, 2.45) is 11.8 Å². The topological polar surface area (TPSA) is 30.7 Å². The van der Waals surface area contributed by atoms with Crippen molar-refractivity contribution in [3.05, 3.63) is 0 Å². The first-order valence-electron chi connectivity index (χ1n) is 7.67. The van der Waals surface area contributed by atoms with E-state index < -0.39 is 0 Å². The molecule has 1 N–H and O–H groups in total. The Labute approximate surface area is 111 Å². The lowest BCUT2D eigenvalue weighted by molar-refractivity contribution is -0.940. The summed E-state index contributed by atoms with van der Waals surface area (Å²) in [6.07, 6.45) is 7.20. The van der Waals surface area contributed by atoms with Crippen molar-refractivity contribution in [2.45, 2.75) is 58.4 Å². The fourth-order valence-corrected chi connectivity index (χ4v) is 3.57. The molecule has 0 amide bonds. The smallest absolute Gasteiger partial charge is 0.306 e. The molecule has 2 rings (SSSR count). The van der Waals surface area contributed by atoms with Gasteiger partial charge < -0.3 is 9.64 Å². The standard InChI is InChI=1S/C15H27NO2/c1-12(2)10-15(17)18-11-13-6-5-9-16-8-4-3-7-14(13)16/h12-14H,3-11H2,1-2H3/p+1/t13-,14+/m0/s1. The van der Waals surface area contributed by atoms with Gasteiger partial charge >= 0.3 is 5.97 Å². The second kappa shape index (κ2) is 6.55. The third kappa shape index (κ3) is 3.71. The Morgan fingerprint density at radius 2 is 2.00 bits per heavy atom. The molecule has 0 aromatic rings. The predicted molar refractivity (Wildman–Crippen MR) is 71.5 cm³/mol. The third-order valence-corrected chi connectivity index (χ3v) is 4.46. The number of rotatable bonds is 4. The highest BCUT2D eigenvalue weighted by atomic mass is 16.5. The molecule has 0 aromatic carbocycles. The van der Waals surface area contributed by atoms with Crippen LogP contribution in [0, 0.1) is 11.8 Å². The van der Waals surface area contributed by atoms with E-state index in [-0.39, 0.29) is 5.97 Å². The number of quaternary nitrogens is 1. The Bertz CT molecular complexity index is 276. The summed E-state index contributed by atoms with van der Waals surface area (Å²) in [4.78, 5) is 13.4. The van der Waals surface area contributed by atoms with Crippen LogP contribution in [0.15, 0.2) is 0 Å². The van der Waals surface area contributed by atoms with Gasteiger partial charge in [0.05, 0.1) is 25.7 Å². The normalized spacial score (nSPS) is 32.1. The van der Waals surface area contributed by atoms with Gasteiger partial charge in [-0.2, -0.15) is 0 Å². The maximum Gasteiger partial charge on any atom is 0.306 e. The minimum absolute atomic E-state index is 0.00654. The van der Waals surface area contributed by atoms with E-state index in [9.17, 15) is 4.79 Å². The number of nitrogens with one attached hydrogen (secondary N) is 1. The maximum atomic E-state index is 11.6. The van der Waals surface area contributed by atoms with Crippen molar-refractivity contribution < 1.29 is 14.4 Å². The number of ether oxygens (including phenoxy) is 1. The average Bonchev–Trinajstić information content (AvgIpc) is 2.35. The van der Waals surface area contributed by atoms with E-state index in [2.05, 4.69) is 13.8 Å². The first kappa shape index (κ1) is 13.9. The number of carbonyl (C=O) groups is 1. The molecule has 3 heteroatoms. The maximum absolute atomic E-state index is 11.6. The minimum Gasteiger partial charge on any atom is -0.465 e. The molecular weight excluding hydrogens is 226 g/mol. The number of esters is 1. The summed E-state index contributed by atoms with van der Waals surface area (Å²) in [6.45, 7) is 7.46. The highest BCUT2D eigenvalue weighted by Gasteiger charge is 2.37. The Hall–Kier alpha value is -0.570. The molecule has 2 heterocycles. The van der Waals surface area contributed by atoms with Crippen LogP contribution in [-0.2, 0) is 9.53 Å². The Morgan fingerprint density at radius 3 is 2.78 bits per heavy atom. The van der Waals surface area contributed by atoms with E-state index in [0.717, 1.165) is 6.04 Å². The van der Waals surface area contributed by atoms with Gasteiger partial charge in [-0.3, -0.25) is 4.79 Å². The number of hydrogen-bond acceptors (Lipinski definition) is 2. The number of piperidine rings is 2. The SMILES string of the molecule is CC(C)CC(=O)OC[C@@H]1CCC[NH+]2CCCC[C@H]12.